The summed E-state index contributed by atoms with van der Waals surface area (Å²) in [6, 6.07) is 3.33. The Hall–Kier alpha value is -1.83. The summed E-state index contributed by atoms with van der Waals surface area (Å²) >= 11 is 1.23. The van der Waals surface area contributed by atoms with Crippen LogP contribution in [0, 0.1) is 11.7 Å². The molecule has 3 aromatic rings. The van der Waals surface area contributed by atoms with Crippen LogP contribution in [0.15, 0.2) is 29.3 Å². The Morgan fingerprint density at radius 2 is 2.26 bits per heavy atom. The molecular formula is C15H16ClFN4OS. The molecule has 0 saturated carbocycles. The van der Waals surface area contributed by atoms with E-state index in [-0.39, 0.29) is 23.9 Å². The summed E-state index contributed by atoms with van der Waals surface area (Å²) in [6.07, 6.45) is 3.29. The van der Waals surface area contributed by atoms with Crippen LogP contribution in [-0.2, 0) is 6.42 Å². The molecule has 5 nitrogen and oxygen atoms in total. The first-order valence-electron chi connectivity index (χ1n) is 6.91. The maximum Gasteiger partial charge on any atom is 0.268 e. The van der Waals surface area contributed by atoms with Crippen LogP contribution in [0.5, 0.6) is 0 Å². The third kappa shape index (κ3) is 3.57. The zero-order valence-electron chi connectivity index (χ0n) is 12.4. The zero-order valence-corrected chi connectivity index (χ0v) is 14.0. The predicted octanol–water partition coefficient (Wildman–Crippen LogP) is 2.74. The number of hydrogen-bond acceptors (Lipinski definition) is 5. The molecule has 3 heterocycles. The minimum absolute atomic E-state index is 0. The summed E-state index contributed by atoms with van der Waals surface area (Å²) in [5.74, 6) is 0.425. The second kappa shape index (κ2) is 7.16. The van der Waals surface area contributed by atoms with Crippen molar-refractivity contribution < 1.29 is 4.39 Å². The van der Waals surface area contributed by atoms with E-state index in [0.717, 1.165) is 6.20 Å². The second-order valence-electron chi connectivity index (χ2n) is 5.24. The first-order valence-corrected chi connectivity index (χ1v) is 7.73. The molecule has 0 aliphatic carbocycles. The number of aromatic nitrogens is 3. The minimum Gasteiger partial charge on any atom is -0.330 e. The summed E-state index contributed by atoms with van der Waals surface area (Å²) in [5, 5.41) is 0. The third-order valence-corrected chi connectivity index (χ3v) is 4.57. The van der Waals surface area contributed by atoms with E-state index in [1.54, 1.807) is 12.1 Å². The number of halogens is 2. The van der Waals surface area contributed by atoms with Gasteiger partial charge in [-0.25, -0.2) is 9.37 Å². The Bertz CT molecular complexity index is 879. The van der Waals surface area contributed by atoms with Crippen LogP contribution in [0.3, 0.4) is 0 Å². The van der Waals surface area contributed by atoms with Crippen molar-refractivity contribution in [3.8, 4) is 10.4 Å². The van der Waals surface area contributed by atoms with E-state index in [9.17, 15) is 9.18 Å². The maximum atomic E-state index is 13.8. The van der Waals surface area contributed by atoms with Gasteiger partial charge in [-0.15, -0.1) is 23.7 Å². The van der Waals surface area contributed by atoms with Gasteiger partial charge in [0.1, 0.15) is 16.3 Å². The minimum atomic E-state index is -0.414. The van der Waals surface area contributed by atoms with Crippen LogP contribution in [0.25, 0.3) is 20.7 Å². The Kier molecular flexibility index (Phi) is 5.46. The SMILES string of the molecule is C[C@@H](CN)Cc1nc2cc(-c3ccncc3F)sc2c(=O)[nH]1.Cl. The van der Waals surface area contributed by atoms with Crippen molar-refractivity contribution in [3.05, 3.63) is 46.5 Å². The lowest BCUT2D eigenvalue weighted by Crippen LogP contribution is -2.17. The molecule has 3 aromatic heterocycles. The molecule has 3 N–H and O–H groups in total. The van der Waals surface area contributed by atoms with Crippen molar-refractivity contribution in [2.45, 2.75) is 13.3 Å². The number of thiophene rings is 1. The van der Waals surface area contributed by atoms with Crippen LogP contribution >= 0.6 is 23.7 Å². The molecule has 0 aliphatic rings. The van der Waals surface area contributed by atoms with Crippen molar-refractivity contribution in [1.82, 2.24) is 15.0 Å². The van der Waals surface area contributed by atoms with E-state index >= 15 is 0 Å². The highest BCUT2D eigenvalue weighted by Crippen LogP contribution is 2.32. The Balaban J connectivity index is 0.00000192. The zero-order chi connectivity index (χ0) is 15.7. The number of fused-ring (bicyclic) bond motifs is 1. The van der Waals surface area contributed by atoms with Crippen LogP contribution in [0.1, 0.15) is 12.7 Å². The van der Waals surface area contributed by atoms with Crippen LogP contribution in [0.4, 0.5) is 4.39 Å². The van der Waals surface area contributed by atoms with Gasteiger partial charge in [0.15, 0.2) is 0 Å². The molecule has 0 amide bonds. The average Bonchev–Trinajstić information content (AvgIpc) is 2.92. The maximum absolute atomic E-state index is 13.8. The molecule has 0 bridgehead atoms. The fourth-order valence-corrected chi connectivity index (χ4v) is 3.22. The van der Waals surface area contributed by atoms with Crippen molar-refractivity contribution in [2.24, 2.45) is 11.7 Å². The molecule has 1 atom stereocenters. The average molecular weight is 355 g/mol. The van der Waals surface area contributed by atoms with Crippen molar-refractivity contribution in [1.29, 1.82) is 0 Å². The smallest absolute Gasteiger partial charge is 0.268 e. The van der Waals surface area contributed by atoms with Gasteiger partial charge in [0.25, 0.3) is 5.56 Å². The number of pyridine rings is 1. The number of nitrogens with zero attached hydrogens (tertiary/aromatic N) is 2. The monoisotopic (exact) mass is 354 g/mol. The van der Waals surface area contributed by atoms with Gasteiger partial charge in [-0.2, -0.15) is 0 Å². The van der Waals surface area contributed by atoms with E-state index in [1.807, 2.05) is 6.92 Å². The van der Waals surface area contributed by atoms with Gasteiger partial charge in [-0.3, -0.25) is 9.78 Å². The van der Waals surface area contributed by atoms with E-state index < -0.39 is 5.82 Å². The first kappa shape index (κ1) is 17.5. The fourth-order valence-electron chi connectivity index (χ4n) is 2.21. The molecule has 0 radical (unpaired) electrons. The number of nitrogens with two attached hydrogens (primary N) is 1. The second-order valence-corrected chi connectivity index (χ2v) is 6.29. The Morgan fingerprint density at radius 3 is 2.96 bits per heavy atom. The molecule has 0 fully saturated rings. The summed E-state index contributed by atoms with van der Waals surface area (Å²) in [7, 11) is 0. The highest BCUT2D eigenvalue weighted by atomic mass is 35.5. The third-order valence-electron chi connectivity index (χ3n) is 3.41. The van der Waals surface area contributed by atoms with Gasteiger partial charge in [0.2, 0.25) is 0 Å². The molecule has 0 spiro atoms. The quantitative estimate of drug-likeness (QED) is 0.754. The number of nitrogens with one attached hydrogen (secondary N) is 1. The highest BCUT2D eigenvalue weighted by Gasteiger charge is 2.13. The van der Waals surface area contributed by atoms with Crippen molar-refractivity contribution in [3.63, 3.8) is 0 Å². The molecular weight excluding hydrogens is 339 g/mol. The van der Waals surface area contributed by atoms with Crippen LogP contribution in [-0.4, -0.2) is 21.5 Å². The molecule has 8 heteroatoms. The molecule has 0 aromatic carbocycles. The van der Waals surface area contributed by atoms with E-state index in [0.29, 0.717) is 39.4 Å². The topological polar surface area (TPSA) is 84.7 Å². The molecule has 0 aliphatic heterocycles. The molecule has 0 unspecified atom stereocenters. The number of H-pyrrole nitrogens is 1. The number of aromatic amines is 1. The Labute approximate surface area is 142 Å². The molecule has 0 saturated heterocycles. The number of hydrogen-bond donors (Lipinski definition) is 2. The van der Waals surface area contributed by atoms with Crippen molar-refractivity contribution >= 4 is 34.0 Å². The first-order chi connectivity index (χ1) is 10.6. The van der Waals surface area contributed by atoms with Crippen LogP contribution in [0.2, 0.25) is 0 Å². The summed E-state index contributed by atoms with van der Waals surface area (Å²) in [4.78, 5) is 23.8. The fraction of sp³-hybridized carbons (Fsp3) is 0.267. The van der Waals surface area contributed by atoms with E-state index in [4.69, 9.17) is 5.73 Å². The predicted molar refractivity (Wildman–Crippen MR) is 92.6 cm³/mol. The van der Waals surface area contributed by atoms with Gasteiger partial charge >= 0.3 is 0 Å². The van der Waals surface area contributed by atoms with Gasteiger partial charge in [-0.1, -0.05) is 6.92 Å². The largest absolute Gasteiger partial charge is 0.330 e. The van der Waals surface area contributed by atoms with Crippen molar-refractivity contribution in [2.75, 3.05) is 6.54 Å². The number of rotatable bonds is 4. The van der Waals surface area contributed by atoms with Gasteiger partial charge < -0.3 is 10.7 Å². The molecule has 23 heavy (non-hydrogen) atoms. The van der Waals surface area contributed by atoms with E-state index in [2.05, 4.69) is 15.0 Å². The molecule has 122 valence electrons. The van der Waals surface area contributed by atoms with Gasteiger partial charge in [0.05, 0.1) is 11.7 Å². The molecule has 3 rings (SSSR count). The van der Waals surface area contributed by atoms with Gasteiger partial charge in [-0.05, 0) is 24.6 Å². The van der Waals surface area contributed by atoms with Gasteiger partial charge in [0, 0.05) is 23.1 Å². The summed E-state index contributed by atoms with van der Waals surface area (Å²) in [6.45, 7) is 2.52. The lowest BCUT2D eigenvalue weighted by Gasteiger charge is -2.06. The standard InChI is InChI=1S/C15H15FN4OS.ClH/c1-8(6-17)4-13-19-11-5-12(22-14(11)15(21)20-13)9-2-3-18-7-10(9)16;/h2-3,5,7-8H,4,6,17H2,1H3,(H,19,20,21);1H/t8-;/m1./s1. The summed E-state index contributed by atoms with van der Waals surface area (Å²) < 4.78 is 14.3. The highest BCUT2D eigenvalue weighted by molar-refractivity contribution is 7.22. The van der Waals surface area contributed by atoms with Crippen LogP contribution < -0.4 is 11.3 Å². The Morgan fingerprint density at radius 1 is 1.48 bits per heavy atom. The lowest BCUT2D eigenvalue weighted by molar-refractivity contribution is 0.574. The lowest BCUT2D eigenvalue weighted by atomic mass is 10.1. The normalized spacial score (nSPS) is 12.1. The van der Waals surface area contributed by atoms with E-state index in [1.165, 1.54) is 17.5 Å². The summed E-state index contributed by atoms with van der Waals surface area (Å²) in [5.41, 5.74) is 6.41.